The summed E-state index contributed by atoms with van der Waals surface area (Å²) >= 11 is 11.2. The van der Waals surface area contributed by atoms with Crippen molar-refractivity contribution in [1.29, 1.82) is 0 Å². The Morgan fingerprint density at radius 1 is 1.36 bits per heavy atom. The second-order valence-electron chi connectivity index (χ2n) is 3.02. The van der Waals surface area contributed by atoms with Gasteiger partial charge in [0.25, 0.3) is 0 Å². The van der Waals surface area contributed by atoms with Crippen LogP contribution in [0.3, 0.4) is 0 Å². The van der Waals surface area contributed by atoms with Crippen molar-refractivity contribution in [3.63, 3.8) is 0 Å². The molecule has 2 aromatic rings. The molecule has 1 N–H and O–H groups in total. The van der Waals surface area contributed by atoms with Crippen LogP contribution in [0, 0.1) is 4.77 Å². The molecule has 2 nitrogen and oxygen atoms in total. The minimum absolute atomic E-state index is 0.694. The third-order valence-corrected chi connectivity index (χ3v) is 2.87. The molecule has 4 heteroatoms. The summed E-state index contributed by atoms with van der Waals surface area (Å²) in [6.45, 7) is 0. The van der Waals surface area contributed by atoms with E-state index in [0.29, 0.717) is 4.77 Å². The Labute approximate surface area is 92.2 Å². The van der Waals surface area contributed by atoms with Crippen LogP contribution in [-0.4, -0.2) is 9.55 Å². The van der Waals surface area contributed by atoms with Crippen molar-refractivity contribution in [2.75, 3.05) is 0 Å². The Kier molecular flexibility index (Phi) is 2.44. The molecule has 0 atom stereocenters. The number of aromatic nitrogens is 2. The number of hydrogen-bond acceptors (Lipinski definition) is 1. The number of rotatable bonds is 1. The Balaban J connectivity index is 2.66. The summed E-state index contributed by atoms with van der Waals surface area (Å²) in [5.74, 6) is 0. The number of benzene rings is 1. The zero-order valence-corrected chi connectivity index (χ0v) is 9.19. The second kappa shape index (κ2) is 3.59. The molecule has 0 aliphatic rings. The van der Waals surface area contributed by atoms with Gasteiger partial charge in [0, 0.05) is 23.8 Å². The van der Waals surface area contributed by atoms with E-state index in [4.69, 9.17) is 23.8 Å². The highest BCUT2D eigenvalue weighted by molar-refractivity contribution is 7.71. The van der Waals surface area contributed by atoms with E-state index in [-0.39, 0.29) is 0 Å². The highest BCUT2D eigenvalue weighted by Crippen LogP contribution is 2.26. The average Bonchev–Trinajstić information content (AvgIpc) is 2.49. The van der Waals surface area contributed by atoms with Crippen molar-refractivity contribution in [2.24, 2.45) is 7.05 Å². The van der Waals surface area contributed by atoms with Gasteiger partial charge in [-0.15, -0.1) is 0 Å². The van der Waals surface area contributed by atoms with Gasteiger partial charge in [0.15, 0.2) is 4.77 Å². The van der Waals surface area contributed by atoms with E-state index in [1.807, 2.05) is 42.1 Å². The van der Waals surface area contributed by atoms with E-state index >= 15 is 0 Å². The van der Waals surface area contributed by atoms with Crippen molar-refractivity contribution in [3.8, 4) is 11.3 Å². The third-order valence-electron chi connectivity index (χ3n) is 2.15. The van der Waals surface area contributed by atoms with E-state index in [2.05, 4.69) is 4.98 Å². The first kappa shape index (κ1) is 9.49. The van der Waals surface area contributed by atoms with Crippen LogP contribution < -0.4 is 0 Å². The lowest BCUT2D eigenvalue weighted by Crippen LogP contribution is -1.91. The van der Waals surface area contributed by atoms with Gasteiger partial charge in [0.1, 0.15) is 0 Å². The van der Waals surface area contributed by atoms with Gasteiger partial charge in [0.2, 0.25) is 0 Å². The first-order valence-electron chi connectivity index (χ1n) is 4.19. The minimum atomic E-state index is 0.694. The quantitative estimate of drug-likeness (QED) is 0.737. The first-order chi connectivity index (χ1) is 6.70. The summed E-state index contributed by atoms with van der Waals surface area (Å²) in [6, 6.07) is 7.71. The normalized spacial score (nSPS) is 10.4. The van der Waals surface area contributed by atoms with Gasteiger partial charge >= 0.3 is 0 Å². The molecule has 0 amide bonds. The molecule has 0 fully saturated rings. The molecule has 0 spiro atoms. The molecule has 0 aliphatic carbocycles. The van der Waals surface area contributed by atoms with Gasteiger partial charge in [-0.1, -0.05) is 29.8 Å². The van der Waals surface area contributed by atoms with Gasteiger partial charge < -0.3 is 9.55 Å². The predicted octanol–water partition coefficient (Wildman–Crippen LogP) is 3.40. The van der Waals surface area contributed by atoms with Gasteiger partial charge in [-0.3, -0.25) is 0 Å². The summed E-state index contributed by atoms with van der Waals surface area (Å²) < 4.78 is 2.59. The van der Waals surface area contributed by atoms with Gasteiger partial charge in [0.05, 0.1) is 5.69 Å². The van der Waals surface area contributed by atoms with Crippen LogP contribution >= 0.6 is 23.8 Å². The van der Waals surface area contributed by atoms with Crippen molar-refractivity contribution in [1.82, 2.24) is 9.55 Å². The SMILES string of the molecule is Cn1c(-c2ccccc2Cl)c[nH]c1=S. The highest BCUT2D eigenvalue weighted by Gasteiger charge is 2.06. The smallest absolute Gasteiger partial charge is 0.177 e. The van der Waals surface area contributed by atoms with Gasteiger partial charge in [-0.05, 0) is 18.3 Å². The van der Waals surface area contributed by atoms with E-state index in [1.165, 1.54) is 0 Å². The summed E-state index contributed by atoms with van der Waals surface area (Å²) in [5, 5.41) is 0.733. The maximum Gasteiger partial charge on any atom is 0.177 e. The van der Waals surface area contributed by atoms with Crippen molar-refractivity contribution in [2.45, 2.75) is 0 Å². The van der Waals surface area contributed by atoms with Crippen LogP contribution in [0.4, 0.5) is 0 Å². The second-order valence-corrected chi connectivity index (χ2v) is 3.81. The monoisotopic (exact) mass is 224 g/mol. The lowest BCUT2D eigenvalue weighted by Gasteiger charge is -2.03. The van der Waals surface area contributed by atoms with Crippen LogP contribution in [0.1, 0.15) is 0 Å². The third kappa shape index (κ3) is 1.49. The van der Waals surface area contributed by atoms with Crippen molar-refractivity contribution < 1.29 is 0 Å². The van der Waals surface area contributed by atoms with Gasteiger partial charge in [-0.25, -0.2) is 0 Å². The number of nitrogens with zero attached hydrogens (tertiary/aromatic N) is 1. The van der Waals surface area contributed by atoms with Crippen molar-refractivity contribution >= 4 is 23.8 Å². The van der Waals surface area contributed by atoms with Crippen LogP contribution in [-0.2, 0) is 7.05 Å². The molecule has 1 aromatic heterocycles. The fraction of sp³-hybridized carbons (Fsp3) is 0.100. The Morgan fingerprint density at radius 2 is 2.07 bits per heavy atom. The molecule has 0 aliphatic heterocycles. The number of imidazole rings is 1. The molecule has 1 aromatic carbocycles. The Morgan fingerprint density at radius 3 is 2.64 bits per heavy atom. The van der Waals surface area contributed by atoms with Crippen molar-refractivity contribution in [3.05, 3.63) is 40.3 Å². The number of hydrogen-bond donors (Lipinski definition) is 1. The predicted molar refractivity (Wildman–Crippen MR) is 61.0 cm³/mol. The van der Waals surface area contributed by atoms with Crippen LogP contribution in [0.15, 0.2) is 30.5 Å². The molecule has 14 heavy (non-hydrogen) atoms. The molecule has 0 bridgehead atoms. The Bertz CT molecular complexity index is 513. The highest BCUT2D eigenvalue weighted by atomic mass is 35.5. The van der Waals surface area contributed by atoms with Gasteiger partial charge in [-0.2, -0.15) is 0 Å². The lowest BCUT2D eigenvalue weighted by molar-refractivity contribution is 0.902. The van der Waals surface area contributed by atoms with E-state index in [1.54, 1.807) is 0 Å². The van der Waals surface area contributed by atoms with E-state index < -0.39 is 0 Å². The standard InChI is InChI=1S/C10H9ClN2S/c1-13-9(6-12-10(13)14)7-4-2-3-5-8(7)11/h2-6H,1H3,(H,12,14). The number of H-pyrrole nitrogens is 1. The molecule has 0 radical (unpaired) electrons. The zero-order valence-electron chi connectivity index (χ0n) is 7.62. The summed E-state index contributed by atoms with van der Waals surface area (Å²) in [7, 11) is 1.91. The summed E-state index contributed by atoms with van der Waals surface area (Å²) in [4.78, 5) is 2.98. The fourth-order valence-electron chi connectivity index (χ4n) is 1.36. The number of aromatic amines is 1. The maximum absolute atomic E-state index is 6.08. The van der Waals surface area contributed by atoms with Crippen LogP contribution in [0.25, 0.3) is 11.3 Å². The molecular formula is C10H9ClN2S. The van der Waals surface area contributed by atoms with Crippen LogP contribution in [0.5, 0.6) is 0 Å². The molecule has 0 unspecified atom stereocenters. The molecule has 0 saturated carbocycles. The number of nitrogens with one attached hydrogen (secondary N) is 1. The molecule has 1 heterocycles. The molecular weight excluding hydrogens is 216 g/mol. The van der Waals surface area contributed by atoms with Crippen LogP contribution in [0.2, 0.25) is 5.02 Å². The summed E-state index contributed by atoms with van der Waals surface area (Å²) in [6.07, 6.45) is 1.86. The average molecular weight is 225 g/mol. The molecule has 0 saturated heterocycles. The Hall–Kier alpha value is -1.06. The zero-order chi connectivity index (χ0) is 10.1. The fourth-order valence-corrected chi connectivity index (χ4v) is 1.75. The molecule has 2 rings (SSSR count). The number of halogens is 1. The minimum Gasteiger partial charge on any atom is -0.337 e. The topological polar surface area (TPSA) is 20.7 Å². The summed E-state index contributed by atoms with van der Waals surface area (Å²) in [5.41, 5.74) is 1.99. The van der Waals surface area contributed by atoms with E-state index in [0.717, 1.165) is 16.3 Å². The largest absolute Gasteiger partial charge is 0.337 e. The lowest BCUT2D eigenvalue weighted by atomic mass is 10.2. The first-order valence-corrected chi connectivity index (χ1v) is 4.98. The van der Waals surface area contributed by atoms with E-state index in [9.17, 15) is 0 Å². The maximum atomic E-state index is 6.08. The molecule has 72 valence electrons.